The number of nitrogens with one attached hydrogen (secondary N) is 1. The molecular weight excluding hydrogens is 260 g/mol. The fraction of sp³-hybridized carbons (Fsp3) is 0.364. The van der Waals surface area contributed by atoms with Crippen molar-refractivity contribution in [2.24, 2.45) is 5.92 Å². The van der Waals surface area contributed by atoms with Gasteiger partial charge in [0.1, 0.15) is 5.02 Å². The van der Waals surface area contributed by atoms with Gasteiger partial charge in [0.15, 0.2) is 0 Å². The molecule has 1 amide bonds. The molecule has 0 bridgehead atoms. The highest BCUT2D eigenvalue weighted by Gasteiger charge is 2.16. The quantitative estimate of drug-likeness (QED) is 0.629. The molecule has 1 aromatic rings. The second kappa shape index (κ2) is 6.32. The number of nitro benzene ring substituents is 1. The lowest BCUT2D eigenvalue weighted by Gasteiger charge is -2.09. The number of hydrogen-bond acceptors (Lipinski definition) is 4. The average molecular weight is 273 g/mol. The van der Waals surface area contributed by atoms with Gasteiger partial charge < -0.3 is 10.4 Å². The summed E-state index contributed by atoms with van der Waals surface area (Å²) < 4.78 is 0. The van der Waals surface area contributed by atoms with Crippen molar-refractivity contribution in [3.05, 3.63) is 38.9 Å². The largest absolute Gasteiger partial charge is 0.396 e. The van der Waals surface area contributed by atoms with E-state index >= 15 is 0 Å². The molecular formula is C11H13ClN2O4. The molecule has 0 heterocycles. The van der Waals surface area contributed by atoms with Crippen LogP contribution in [0.25, 0.3) is 0 Å². The highest BCUT2D eigenvalue weighted by molar-refractivity contribution is 6.32. The predicted octanol–water partition coefficient (Wildman–Crippen LogP) is 1.61. The Bertz CT molecular complexity index is 464. The third-order valence-corrected chi connectivity index (χ3v) is 2.65. The molecule has 7 heteroatoms. The lowest BCUT2D eigenvalue weighted by atomic mass is 10.1. The van der Waals surface area contributed by atoms with Crippen LogP contribution in [0.2, 0.25) is 5.02 Å². The Hall–Kier alpha value is -1.66. The molecule has 2 N–H and O–H groups in total. The summed E-state index contributed by atoms with van der Waals surface area (Å²) in [5.41, 5.74) is -0.143. The Labute approximate surface area is 109 Å². The number of amides is 1. The molecule has 0 saturated carbocycles. The van der Waals surface area contributed by atoms with Gasteiger partial charge in [-0.1, -0.05) is 18.5 Å². The van der Waals surface area contributed by atoms with E-state index in [1.165, 1.54) is 12.1 Å². The number of carbonyl (C=O) groups excluding carboxylic acids is 1. The lowest BCUT2D eigenvalue weighted by molar-refractivity contribution is -0.384. The van der Waals surface area contributed by atoms with Gasteiger partial charge in [-0.05, 0) is 18.1 Å². The van der Waals surface area contributed by atoms with Gasteiger partial charge in [-0.15, -0.1) is 0 Å². The molecule has 0 aromatic heterocycles. The van der Waals surface area contributed by atoms with Gasteiger partial charge >= 0.3 is 0 Å². The zero-order chi connectivity index (χ0) is 13.7. The molecule has 98 valence electrons. The first-order valence-corrected chi connectivity index (χ1v) is 5.66. The van der Waals surface area contributed by atoms with Gasteiger partial charge in [-0.2, -0.15) is 0 Å². The fourth-order valence-electron chi connectivity index (χ4n) is 1.23. The number of hydrogen-bond donors (Lipinski definition) is 2. The molecule has 0 aliphatic carbocycles. The minimum Gasteiger partial charge on any atom is -0.396 e. The summed E-state index contributed by atoms with van der Waals surface area (Å²) in [5, 5.41) is 22.0. The molecule has 0 aliphatic rings. The number of nitro groups is 1. The molecule has 18 heavy (non-hydrogen) atoms. The van der Waals surface area contributed by atoms with E-state index in [1.807, 2.05) is 0 Å². The molecule has 0 spiro atoms. The molecule has 0 radical (unpaired) electrons. The Morgan fingerprint density at radius 2 is 2.28 bits per heavy atom. The zero-order valence-electron chi connectivity index (χ0n) is 9.72. The van der Waals surface area contributed by atoms with E-state index in [0.29, 0.717) is 6.54 Å². The van der Waals surface area contributed by atoms with E-state index in [9.17, 15) is 14.9 Å². The minimum atomic E-state index is -0.643. The normalized spacial score (nSPS) is 11.9. The standard InChI is InChI=1S/C11H13ClN2O4/c1-7(6-15)5-13-11(16)8-2-3-9(12)10(4-8)14(17)18/h2-4,7,15H,5-6H2,1H3,(H,13,16). The summed E-state index contributed by atoms with van der Waals surface area (Å²) >= 11 is 5.64. The molecule has 0 fully saturated rings. The summed E-state index contributed by atoms with van der Waals surface area (Å²) in [5.74, 6) is -0.508. The van der Waals surface area contributed by atoms with Crippen molar-refractivity contribution in [2.75, 3.05) is 13.2 Å². The average Bonchev–Trinajstić information content (AvgIpc) is 2.35. The third kappa shape index (κ3) is 3.68. The van der Waals surface area contributed by atoms with E-state index in [1.54, 1.807) is 6.92 Å². The van der Waals surface area contributed by atoms with Crippen molar-refractivity contribution in [3.63, 3.8) is 0 Å². The van der Waals surface area contributed by atoms with Gasteiger partial charge in [-0.3, -0.25) is 14.9 Å². The lowest BCUT2D eigenvalue weighted by Crippen LogP contribution is -2.29. The van der Waals surface area contributed by atoms with Crippen LogP contribution in [0.1, 0.15) is 17.3 Å². The third-order valence-electron chi connectivity index (χ3n) is 2.33. The molecule has 6 nitrogen and oxygen atoms in total. The van der Waals surface area contributed by atoms with Crippen molar-refractivity contribution < 1.29 is 14.8 Å². The summed E-state index contributed by atoms with van der Waals surface area (Å²) in [6, 6.07) is 3.85. The monoisotopic (exact) mass is 272 g/mol. The first-order valence-electron chi connectivity index (χ1n) is 5.28. The maximum Gasteiger partial charge on any atom is 0.288 e. The van der Waals surface area contributed by atoms with E-state index in [-0.39, 0.29) is 28.8 Å². The Morgan fingerprint density at radius 3 is 2.83 bits per heavy atom. The van der Waals surface area contributed by atoms with Crippen molar-refractivity contribution >= 4 is 23.2 Å². The highest BCUT2D eigenvalue weighted by Crippen LogP contribution is 2.24. The van der Waals surface area contributed by atoms with Crippen LogP contribution in [0.3, 0.4) is 0 Å². The molecule has 1 rings (SSSR count). The number of nitrogens with zero attached hydrogens (tertiary/aromatic N) is 1. The first kappa shape index (κ1) is 14.4. The summed E-state index contributed by atoms with van der Waals surface area (Å²) in [6.07, 6.45) is 0. The minimum absolute atomic E-state index is 0.0136. The summed E-state index contributed by atoms with van der Waals surface area (Å²) in [6.45, 7) is 2.03. The van der Waals surface area contributed by atoms with Gasteiger partial charge in [0.05, 0.1) is 4.92 Å². The van der Waals surface area contributed by atoms with Crippen LogP contribution < -0.4 is 5.32 Å². The van der Waals surface area contributed by atoms with Crippen molar-refractivity contribution in [2.45, 2.75) is 6.92 Å². The summed E-state index contributed by atoms with van der Waals surface area (Å²) in [4.78, 5) is 21.7. The van der Waals surface area contributed by atoms with Gasteiger partial charge in [0.2, 0.25) is 0 Å². The van der Waals surface area contributed by atoms with Crippen molar-refractivity contribution in [1.82, 2.24) is 5.32 Å². The van der Waals surface area contributed by atoms with Crippen LogP contribution in [-0.2, 0) is 0 Å². The Kier molecular flexibility index (Phi) is 5.06. The van der Waals surface area contributed by atoms with Gasteiger partial charge in [0, 0.05) is 24.8 Å². The van der Waals surface area contributed by atoms with E-state index in [4.69, 9.17) is 16.7 Å². The van der Waals surface area contributed by atoms with Gasteiger partial charge in [0.25, 0.3) is 11.6 Å². The molecule has 1 atom stereocenters. The molecule has 1 unspecified atom stereocenters. The second-order valence-electron chi connectivity index (χ2n) is 3.92. The number of aliphatic hydroxyl groups is 1. The van der Waals surface area contributed by atoms with E-state index < -0.39 is 10.8 Å². The number of halogens is 1. The summed E-state index contributed by atoms with van der Waals surface area (Å²) in [7, 11) is 0. The van der Waals surface area contributed by atoms with Crippen LogP contribution in [0.4, 0.5) is 5.69 Å². The molecule has 0 aliphatic heterocycles. The van der Waals surface area contributed by atoms with Crippen LogP contribution in [0.5, 0.6) is 0 Å². The van der Waals surface area contributed by atoms with Crippen molar-refractivity contribution in [1.29, 1.82) is 0 Å². The second-order valence-corrected chi connectivity index (χ2v) is 4.33. The zero-order valence-corrected chi connectivity index (χ0v) is 10.5. The maximum absolute atomic E-state index is 11.7. The SMILES string of the molecule is CC(CO)CNC(=O)c1ccc(Cl)c([N+](=O)[O-])c1. The van der Waals surface area contributed by atoms with Crippen LogP contribution in [0.15, 0.2) is 18.2 Å². The number of carbonyl (C=O) groups is 1. The Morgan fingerprint density at radius 1 is 1.61 bits per heavy atom. The maximum atomic E-state index is 11.7. The number of benzene rings is 1. The molecule has 0 saturated heterocycles. The van der Waals surface area contributed by atoms with Gasteiger partial charge in [-0.25, -0.2) is 0 Å². The number of aliphatic hydroxyl groups excluding tert-OH is 1. The van der Waals surface area contributed by atoms with E-state index in [0.717, 1.165) is 6.07 Å². The van der Waals surface area contributed by atoms with Crippen LogP contribution in [-0.4, -0.2) is 29.1 Å². The smallest absolute Gasteiger partial charge is 0.288 e. The van der Waals surface area contributed by atoms with E-state index in [2.05, 4.69) is 5.32 Å². The Balaban J connectivity index is 2.80. The van der Waals surface area contributed by atoms with Crippen LogP contribution >= 0.6 is 11.6 Å². The predicted molar refractivity (Wildman–Crippen MR) is 66.7 cm³/mol. The first-order chi connectivity index (χ1) is 8.45. The topological polar surface area (TPSA) is 92.5 Å². The van der Waals surface area contributed by atoms with Crippen molar-refractivity contribution in [3.8, 4) is 0 Å². The fourth-order valence-corrected chi connectivity index (χ4v) is 1.41. The highest BCUT2D eigenvalue weighted by atomic mass is 35.5. The molecule has 1 aromatic carbocycles. The number of rotatable bonds is 5. The van der Waals surface area contributed by atoms with Crippen LogP contribution in [0, 0.1) is 16.0 Å².